The lowest BCUT2D eigenvalue weighted by molar-refractivity contribution is 0.601. The number of halogens is 3. The number of aromatic nitrogens is 2. The summed E-state index contributed by atoms with van der Waals surface area (Å²) in [6.45, 7) is 0. The van der Waals surface area contributed by atoms with E-state index in [0.29, 0.717) is 0 Å². The van der Waals surface area contributed by atoms with Crippen molar-refractivity contribution in [1.82, 2.24) is 9.97 Å². The minimum Gasteiger partial charge on any atom is -0.262 e. The summed E-state index contributed by atoms with van der Waals surface area (Å²) in [5.74, 6) is -0.0106. The predicted octanol–water partition coefficient (Wildman–Crippen LogP) is 3.24. The van der Waals surface area contributed by atoms with E-state index in [4.69, 9.17) is 34.8 Å². The summed E-state index contributed by atoms with van der Waals surface area (Å²) in [5, 5.41) is 0.367. The van der Waals surface area contributed by atoms with Gasteiger partial charge < -0.3 is 0 Å². The van der Waals surface area contributed by atoms with E-state index in [-0.39, 0.29) is 25.9 Å². The van der Waals surface area contributed by atoms with Gasteiger partial charge in [0.15, 0.2) is 5.82 Å². The van der Waals surface area contributed by atoms with Crippen LogP contribution < -0.4 is 4.72 Å². The van der Waals surface area contributed by atoms with Gasteiger partial charge in [0.25, 0.3) is 10.0 Å². The summed E-state index contributed by atoms with van der Waals surface area (Å²) < 4.78 is 26.5. The maximum atomic E-state index is 12.1. The van der Waals surface area contributed by atoms with Crippen LogP contribution in [0.5, 0.6) is 0 Å². The number of anilines is 1. The van der Waals surface area contributed by atoms with Crippen LogP contribution in [0.25, 0.3) is 0 Å². The van der Waals surface area contributed by atoms with Crippen molar-refractivity contribution in [3.8, 4) is 0 Å². The van der Waals surface area contributed by atoms with Gasteiger partial charge in [-0.25, -0.2) is 13.4 Å². The zero-order valence-corrected chi connectivity index (χ0v) is 12.2. The number of rotatable bonds is 3. The van der Waals surface area contributed by atoms with Crippen LogP contribution >= 0.6 is 34.8 Å². The minimum atomic E-state index is -3.91. The van der Waals surface area contributed by atoms with E-state index < -0.39 is 10.0 Å². The molecule has 0 aliphatic rings. The Morgan fingerprint density at radius 2 is 1.84 bits per heavy atom. The van der Waals surface area contributed by atoms with Crippen LogP contribution in [0.4, 0.5) is 5.82 Å². The monoisotopic (exact) mass is 337 g/mol. The number of sulfonamides is 1. The van der Waals surface area contributed by atoms with Crippen molar-refractivity contribution in [3.63, 3.8) is 0 Å². The van der Waals surface area contributed by atoms with Crippen molar-refractivity contribution >= 4 is 50.6 Å². The van der Waals surface area contributed by atoms with Gasteiger partial charge in [-0.1, -0.05) is 34.8 Å². The molecule has 0 bridgehead atoms. The highest BCUT2D eigenvalue weighted by Gasteiger charge is 2.19. The normalized spacial score (nSPS) is 11.3. The first-order chi connectivity index (χ1) is 8.88. The Kier molecular flexibility index (Phi) is 4.15. The predicted molar refractivity (Wildman–Crippen MR) is 74.3 cm³/mol. The number of nitrogens with one attached hydrogen (secondary N) is 1. The SMILES string of the molecule is O=S(=O)(Nc1cncc(Cl)n1)c1cc(Cl)ccc1Cl. The molecule has 19 heavy (non-hydrogen) atoms. The summed E-state index contributed by atoms with van der Waals surface area (Å²) in [7, 11) is -3.91. The minimum absolute atomic E-state index is 0.0106. The second-order valence-electron chi connectivity index (χ2n) is 3.41. The van der Waals surface area contributed by atoms with Crippen LogP contribution in [0.1, 0.15) is 0 Å². The summed E-state index contributed by atoms with van der Waals surface area (Å²) in [6.07, 6.45) is 2.51. The van der Waals surface area contributed by atoms with Gasteiger partial charge in [-0.3, -0.25) is 9.71 Å². The fourth-order valence-corrected chi connectivity index (χ4v) is 3.16. The van der Waals surface area contributed by atoms with Crippen molar-refractivity contribution < 1.29 is 8.42 Å². The first-order valence-corrected chi connectivity index (χ1v) is 7.45. The fourth-order valence-electron chi connectivity index (χ4n) is 1.27. The molecule has 0 atom stereocenters. The number of hydrogen-bond acceptors (Lipinski definition) is 4. The van der Waals surface area contributed by atoms with E-state index >= 15 is 0 Å². The number of nitrogens with zero attached hydrogens (tertiary/aromatic N) is 2. The molecule has 1 aromatic carbocycles. The summed E-state index contributed by atoms with van der Waals surface area (Å²) in [4.78, 5) is 7.34. The number of benzene rings is 1. The summed E-state index contributed by atoms with van der Waals surface area (Å²) in [6, 6.07) is 4.12. The van der Waals surface area contributed by atoms with Crippen LogP contribution in [0.15, 0.2) is 35.5 Å². The van der Waals surface area contributed by atoms with Gasteiger partial charge in [-0.15, -0.1) is 0 Å². The van der Waals surface area contributed by atoms with Crippen LogP contribution in [-0.4, -0.2) is 18.4 Å². The Morgan fingerprint density at radius 3 is 2.53 bits per heavy atom. The largest absolute Gasteiger partial charge is 0.264 e. The highest BCUT2D eigenvalue weighted by atomic mass is 35.5. The molecule has 2 aromatic rings. The van der Waals surface area contributed by atoms with Crippen LogP contribution in [0, 0.1) is 0 Å². The van der Waals surface area contributed by atoms with Gasteiger partial charge in [0, 0.05) is 5.02 Å². The molecule has 0 aliphatic carbocycles. The third-order valence-electron chi connectivity index (χ3n) is 2.03. The molecule has 1 heterocycles. The average Bonchev–Trinajstić information content (AvgIpc) is 2.31. The van der Waals surface area contributed by atoms with E-state index in [1.165, 1.54) is 30.6 Å². The lowest BCUT2D eigenvalue weighted by atomic mass is 10.4. The highest BCUT2D eigenvalue weighted by Crippen LogP contribution is 2.26. The van der Waals surface area contributed by atoms with Gasteiger partial charge >= 0.3 is 0 Å². The van der Waals surface area contributed by atoms with Crippen molar-refractivity contribution in [1.29, 1.82) is 0 Å². The molecule has 1 aromatic heterocycles. The van der Waals surface area contributed by atoms with E-state index in [1.54, 1.807) is 0 Å². The lowest BCUT2D eigenvalue weighted by Crippen LogP contribution is -2.14. The van der Waals surface area contributed by atoms with Crippen LogP contribution in [0.3, 0.4) is 0 Å². The standard InChI is InChI=1S/C10H6Cl3N3O2S/c11-6-1-2-7(12)8(3-6)19(17,18)16-10-5-14-4-9(13)15-10/h1-5H,(H,15,16). The van der Waals surface area contributed by atoms with Crippen molar-refractivity contribution in [2.45, 2.75) is 4.90 Å². The maximum Gasteiger partial charge on any atom is 0.264 e. The van der Waals surface area contributed by atoms with Gasteiger partial charge in [-0.2, -0.15) is 0 Å². The summed E-state index contributed by atoms with van der Waals surface area (Å²) in [5.41, 5.74) is 0. The molecule has 0 saturated heterocycles. The molecule has 0 radical (unpaired) electrons. The van der Waals surface area contributed by atoms with Gasteiger partial charge in [0.1, 0.15) is 10.0 Å². The van der Waals surface area contributed by atoms with Gasteiger partial charge in [-0.05, 0) is 18.2 Å². The molecular formula is C10H6Cl3N3O2S. The molecule has 2 rings (SSSR count). The number of hydrogen-bond donors (Lipinski definition) is 1. The average molecular weight is 339 g/mol. The van der Waals surface area contributed by atoms with E-state index in [2.05, 4.69) is 14.7 Å². The Labute approximate surface area is 124 Å². The quantitative estimate of drug-likeness (QED) is 0.932. The van der Waals surface area contributed by atoms with Gasteiger partial charge in [0.05, 0.1) is 17.4 Å². The highest BCUT2D eigenvalue weighted by molar-refractivity contribution is 7.92. The molecule has 0 amide bonds. The van der Waals surface area contributed by atoms with E-state index in [0.717, 1.165) is 0 Å². The Balaban J connectivity index is 2.40. The van der Waals surface area contributed by atoms with E-state index in [9.17, 15) is 8.42 Å². The first kappa shape index (κ1) is 14.3. The third-order valence-corrected chi connectivity index (χ3v) is 4.28. The Bertz CT molecular complexity index is 722. The molecular weight excluding hydrogens is 333 g/mol. The Hall–Kier alpha value is -1.08. The molecule has 0 saturated carbocycles. The lowest BCUT2D eigenvalue weighted by Gasteiger charge is -2.08. The Morgan fingerprint density at radius 1 is 1.11 bits per heavy atom. The van der Waals surface area contributed by atoms with E-state index in [1.807, 2.05) is 0 Å². The third kappa shape index (κ3) is 3.48. The molecule has 1 N–H and O–H groups in total. The zero-order chi connectivity index (χ0) is 14.0. The maximum absolute atomic E-state index is 12.1. The molecule has 0 unspecified atom stereocenters. The molecule has 0 spiro atoms. The fraction of sp³-hybridized carbons (Fsp3) is 0. The second-order valence-corrected chi connectivity index (χ2v) is 6.29. The van der Waals surface area contributed by atoms with Crippen LogP contribution in [-0.2, 0) is 10.0 Å². The molecule has 0 fully saturated rings. The molecule has 0 aliphatic heterocycles. The molecule has 100 valence electrons. The summed E-state index contributed by atoms with van der Waals surface area (Å²) >= 11 is 17.2. The van der Waals surface area contributed by atoms with Crippen molar-refractivity contribution in [2.24, 2.45) is 0 Å². The van der Waals surface area contributed by atoms with Crippen molar-refractivity contribution in [2.75, 3.05) is 4.72 Å². The van der Waals surface area contributed by atoms with Crippen molar-refractivity contribution in [3.05, 3.63) is 45.8 Å². The topological polar surface area (TPSA) is 72.0 Å². The second kappa shape index (κ2) is 5.50. The molecule has 5 nitrogen and oxygen atoms in total. The van der Waals surface area contributed by atoms with Crippen LogP contribution in [0.2, 0.25) is 15.2 Å². The molecule has 9 heteroatoms. The van der Waals surface area contributed by atoms with Gasteiger partial charge in [0.2, 0.25) is 0 Å². The first-order valence-electron chi connectivity index (χ1n) is 4.84. The zero-order valence-electron chi connectivity index (χ0n) is 9.14. The smallest absolute Gasteiger partial charge is 0.262 e.